The average molecular weight is 186 g/mol. The molecule has 0 aliphatic carbocycles. The Balaban J connectivity index is 2.32. The Hall–Kier alpha value is -0.160. The first-order valence-corrected chi connectivity index (χ1v) is 5.28. The fraction of sp³-hybridized carbons (Fsp3) is 1.00. The van der Waals surface area contributed by atoms with Crippen LogP contribution in [-0.4, -0.2) is 49.3 Å². The lowest BCUT2D eigenvalue weighted by molar-refractivity contribution is -0.0343. The number of piperidine rings is 1. The normalized spacial score (nSPS) is 19.6. The van der Waals surface area contributed by atoms with E-state index in [1.807, 2.05) is 0 Å². The lowest BCUT2D eigenvalue weighted by Crippen LogP contribution is -2.49. The van der Waals surface area contributed by atoms with Gasteiger partial charge >= 0.3 is 0 Å². The fourth-order valence-electron chi connectivity index (χ4n) is 1.85. The molecule has 0 bridgehead atoms. The van der Waals surface area contributed by atoms with Gasteiger partial charge in [0.15, 0.2) is 0 Å². The number of hydrogen-bond donors (Lipinski definition) is 2. The zero-order chi connectivity index (χ0) is 9.52. The zero-order valence-corrected chi connectivity index (χ0v) is 8.41. The molecule has 1 fully saturated rings. The molecular formula is C9H22N4. The lowest BCUT2D eigenvalue weighted by Gasteiger charge is -2.37. The Morgan fingerprint density at radius 3 is 1.92 bits per heavy atom. The van der Waals surface area contributed by atoms with Gasteiger partial charge in [-0.3, -0.25) is 0 Å². The first-order chi connectivity index (χ1) is 6.38. The summed E-state index contributed by atoms with van der Waals surface area (Å²) in [5.74, 6) is 0. The summed E-state index contributed by atoms with van der Waals surface area (Å²) in [6.45, 7) is 5.68. The van der Waals surface area contributed by atoms with Crippen molar-refractivity contribution < 1.29 is 0 Å². The van der Waals surface area contributed by atoms with Gasteiger partial charge in [-0.25, -0.2) is 10.0 Å². The third kappa shape index (κ3) is 3.60. The van der Waals surface area contributed by atoms with Gasteiger partial charge in [0.2, 0.25) is 0 Å². The van der Waals surface area contributed by atoms with E-state index in [-0.39, 0.29) is 0 Å². The highest BCUT2D eigenvalue weighted by Gasteiger charge is 2.16. The second kappa shape index (κ2) is 6.32. The number of nitrogens with two attached hydrogens (primary N) is 2. The molecule has 78 valence electrons. The first-order valence-electron chi connectivity index (χ1n) is 5.28. The van der Waals surface area contributed by atoms with E-state index in [4.69, 9.17) is 11.5 Å². The van der Waals surface area contributed by atoms with Gasteiger partial charge in [0.25, 0.3) is 0 Å². The van der Waals surface area contributed by atoms with E-state index < -0.39 is 0 Å². The maximum atomic E-state index is 5.56. The maximum absolute atomic E-state index is 5.56. The van der Waals surface area contributed by atoms with E-state index in [2.05, 4.69) is 10.0 Å². The highest BCUT2D eigenvalue weighted by Crippen LogP contribution is 2.10. The molecule has 4 N–H and O–H groups in total. The quantitative estimate of drug-likeness (QED) is 0.614. The average Bonchev–Trinajstić information content (AvgIpc) is 2.19. The van der Waals surface area contributed by atoms with Crippen LogP contribution in [0.5, 0.6) is 0 Å². The minimum absolute atomic E-state index is 0.719. The van der Waals surface area contributed by atoms with Crippen molar-refractivity contribution in [1.29, 1.82) is 0 Å². The summed E-state index contributed by atoms with van der Waals surface area (Å²) in [5.41, 5.74) is 11.1. The predicted octanol–water partition coefficient (Wildman–Crippen LogP) is -0.393. The van der Waals surface area contributed by atoms with Gasteiger partial charge in [-0.2, -0.15) is 0 Å². The molecule has 0 saturated carbocycles. The van der Waals surface area contributed by atoms with Crippen molar-refractivity contribution in [2.75, 3.05) is 39.3 Å². The molecule has 0 aromatic rings. The third-order valence-electron chi connectivity index (χ3n) is 2.51. The Morgan fingerprint density at radius 2 is 1.46 bits per heavy atom. The van der Waals surface area contributed by atoms with Crippen LogP contribution in [0.1, 0.15) is 19.3 Å². The molecule has 0 spiro atoms. The smallest absolute Gasteiger partial charge is 0.0257 e. The molecule has 0 radical (unpaired) electrons. The number of hydrazine groups is 1. The predicted molar refractivity (Wildman–Crippen MR) is 55.1 cm³/mol. The largest absolute Gasteiger partial charge is 0.329 e. The monoisotopic (exact) mass is 186 g/mol. The Bertz CT molecular complexity index is 117. The van der Waals surface area contributed by atoms with Crippen LogP contribution in [-0.2, 0) is 0 Å². The van der Waals surface area contributed by atoms with Crippen LogP contribution < -0.4 is 11.5 Å². The minimum atomic E-state index is 0.719. The summed E-state index contributed by atoms with van der Waals surface area (Å²) in [4.78, 5) is 0. The van der Waals surface area contributed by atoms with Crippen molar-refractivity contribution in [1.82, 2.24) is 10.0 Å². The molecular weight excluding hydrogens is 164 g/mol. The second-order valence-electron chi connectivity index (χ2n) is 3.55. The number of rotatable bonds is 5. The lowest BCUT2D eigenvalue weighted by atomic mass is 10.2. The molecule has 0 amide bonds. The van der Waals surface area contributed by atoms with Crippen LogP contribution in [0.2, 0.25) is 0 Å². The maximum Gasteiger partial charge on any atom is 0.0257 e. The Kier molecular flexibility index (Phi) is 5.31. The van der Waals surface area contributed by atoms with Gasteiger partial charge in [0, 0.05) is 39.3 Å². The number of hydrogen-bond acceptors (Lipinski definition) is 4. The van der Waals surface area contributed by atoms with Crippen molar-refractivity contribution in [3.8, 4) is 0 Å². The van der Waals surface area contributed by atoms with Crippen LogP contribution in [0.3, 0.4) is 0 Å². The van der Waals surface area contributed by atoms with Gasteiger partial charge in [-0.15, -0.1) is 0 Å². The summed E-state index contributed by atoms with van der Waals surface area (Å²) in [5, 5.41) is 4.71. The fourth-order valence-corrected chi connectivity index (χ4v) is 1.85. The van der Waals surface area contributed by atoms with E-state index in [1.54, 1.807) is 0 Å². The topological polar surface area (TPSA) is 58.5 Å². The summed E-state index contributed by atoms with van der Waals surface area (Å²) in [6, 6.07) is 0. The van der Waals surface area contributed by atoms with Gasteiger partial charge < -0.3 is 11.5 Å². The van der Waals surface area contributed by atoms with Crippen LogP contribution in [0.4, 0.5) is 0 Å². The van der Waals surface area contributed by atoms with Crippen molar-refractivity contribution in [3.05, 3.63) is 0 Å². The summed E-state index contributed by atoms with van der Waals surface area (Å²) in [7, 11) is 0. The molecule has 0 aromatic heterocycles. The molecule has 13 heavy (non-hydrogen) atoms. The molecule has 4 nitrogen and oxygen atoms in total. The summed E-state index contributed by atoms with van der Waals surface area (Å²) >= 11 is 0. The van der Waals surface area contributed by atoms with Crippen molar-refractivity contribution >= 4 is 0 Å². The zero-order valence-electron chi connectivity index (χ0n) is 8.41. The first kappa shape index (κ1) is 10.9. The molecule has 1 saturated heterocycles. The van der Waals surface area contributed by atoms with E-state index >= 15 is 0 Å². The van der Waals surface area contributed by atoms with Crippen molar-refractivity contribution in [2.24, 2.45) is 11.5 Å². The van der Waals surface area contributed by atoms with Gasteiger partial charge in [0.1, 0.15) is 0 Å². The van der Waals surface area contributed by atoms with Gasteiger partial charge in [-0.05, 0) is 12.8 Å². The molecule has 4 heteroatoms. The highest BCUT2D eigenvalue weighted by atomic mass is 15.6. The van der Waals surface area contributed by atoms with E-state index in [0.29, 0.717) is 0 Å². The van der Waals surface area contributed by atoms with Gasteiger partial charge in [0.05, 0.1) is 0 Å². The Morgan fingerprint density at radius 1 is 0.923 bits per heavy atom. The standard InChI is InChI=1S/C9H22N4/c10-4-8-13(9-5-11)12-6-2-1-3-7-12/h1-11H2. The molecule has 1 aliphatic rings. The second-order valence-corrected chi connectivity index (χ2v) is 3.55. The number of nitrogens with zero attached hydrogens (tertiary/aromatic N) is 2. The van der Waals surface area contributed by atoms with Crippen molar-refractivity contribution in [2.45, 2.75) is 19.3 Å². The molecule has 1 rings (SSSR count). The minimum Gasteiger partial charge on any atom is -0.329 e. The summed E-state index contributed by atoms with van der Waals surface area (Å²) in [6.07, 6.45) is 3.99. The summed E-state index contributed by atoms with van der Waals surface area (Å²) < 4.78 is 0. The molecule has 0 unspecified atom stereocenters. The molecule has 0 atom stereocenters. The van der Waals surface area contributed by atoms with Gasteiger partial charge in [-0.1, -0.05) is 6.42 Å². The van der Waals surface area contributed by atoms with Crippen LogP contribution in [0, 0.1) is 0 Å². The van der Waals surface area contributed by atoms with Crippen LogP contribution in [0.25, 0.3) is 0 Å². The third-order valence-corrected chi connectivity index (χ3v) is 2.51. The van der Waals surface area contributed by atoms with E-state index in [1.165, 1.54) is 32.4 Å². The molecule has 0 aromatic carbocycles. The van der Waals surface area contributed by atoms with Crippen LogP contribution in [0.15, 0.2) is 0 Å². The van der Waals surface area contributed by atoms with E-state index in [0.717, 1.165) is 26.2 Å². The Labute approximate surface area is 80.8 Å². The SMILES string of the molecule is NCCN(CCN)N1CCCCC1. The highest BCUT2D eigenvalue weighted by molar-refractivity contribution is 4.64. The van der Waals surface area contributed by atoms with Crippen molar-refractivity contribution in [3.63, 3.8) is 0 Å². The van der Waals surface area contributed by atoms with E-state index in [9.17, 15) is 0 Å². The molecule has 1 heterocycles. The van der Waals surface area contributed by atoms with Crippen LogP contribution >= 0.6 is 0 Å². The molecule has 1 aliphatic heterocycles.